The van der Waals surface area contributed by atoms with Crippen molar-refractivity contribution in [1.29, 1.82) is 0 Å². The van der Waals surface area contributed by atoms with Crippen LogP contribution in [-0.2, 0) is 0 Å². The van der Waals surface area contributed by atoms with Crippen molar-refractivity contribution in [2.75, 3.05) is 0 Å². The number of benzene rings is 3. The summed E-state index contributed by atoms with van der Waals surface area (Å²) < 4.78 is 5.71. The maximum Gasteiger partial charge on any atom is 0.200 e. The first-order valence-corrected chi connectivity index (χ1v) is 8.98. The lowest BCUT2D eigenvalue weighted by Crippen LogP contribution is -2.35. The van der Waals surface area contributed by atoms with Crippen molar-refractivity contribution >= 4 is 0 Å². The molecule has 162 valence electrons. The molecule has 0 spiro atoms. The third-order valence-corrected chi connectivity index (χ3v) is 5.17. The highest BCUT2D eigenvalue weighted by Gasteiger charge is 2.44. The topological polar surface area (TPSA) is 191 Å². The molecule has 1 aliphatic rings. The standard InChI is InChI=1S/C21H18O10/c22-8-3-10(24)16(11(25)4-8)18-17-12(26)5-9(23)6-15(17)31-21(20(18)30)7-1-13(27)19(29)14(28)2-7/h1-6,18,20-30H. The van der Waals surface area contributed by atoms with E-state index in [0.717, 1.165) is 36.4 Å². The summed E-state index contributed by atoms with van der Waals surface area (Å²) >= 11 is 0. The number of fused-ring (bicyclic) bond motifs is 1. The molecule has 0 aromatic heterocycles. The van der Waals surface area contributed by atoms with Crippen LogP contribution in [0.1, 0.15) is 28.7 Å². The minimum Gasteiger partial charge on any atom is -0.508 e. The van der Waals surface area contributed by atoms with E-state index in [2.05, 4.69) is 0 Å². The number of rotatable bonds is 2. The Morgan fingerprint density at radius 2 is 1.06 bits per heavy atom. The Hall–Kier alpha value is -4.18. The van der Waals surface area contributed by atoms with Gasteiger partial charge >= 0.3 is 0 Å². The number of aliphatic hydroxyl groups excluding tert-OH is 1. The van der Waals surface area contributed by atoms with E-state index in [4.69, 9.17) is 4.74 Å². The second-order valence-corrected chi connectivity index (χ2v) is 7.19. The van der Waals surface area contributed by atoms with Crippen LogP contribution in [0, 0.1) is 0 Å². The molecule has 10 heteroatoms. The predicted molar refractivity (Wildman–Crippen MR) is 104 cm³/mol. The van der Waals surface area contributed by atoms with Crippen molar-refractivity contribution in [1.82, 2.24) is 0 Å². The second-order valence-electron chi connectivity index (χ2n) is 7.19. The van der Waals surface area contributed by atoms with Gasteiger partial charge in [-0.2, -0.15) is 0 Å². The molecule has 0 bridgehead atoms. The van der Waals surface area contributed by atoms with Gasteiger partial charge in [-0.05, 0) is 12.1 Å². The third-order valence-electron chi connectivity index (χ3n) is 5.17. The van der Waals surface area contributed by atoms with E-state index in [1.54, 1.807) is 0 Å². The van der Waals surface area contributed by atoms with E-state index in [-0.39, 0.29) is 28.2 Å². The number of phenols is 8. The minimum absolute atomic E-state index is 0.0107. The summed E-state index contributed by atoms with van der Waals surface area (Å²) in [6.45, 7) is 0. The Kier molecular flexibility index (Phi) is 4.51. The minimum atomic E-state index is -1.62. The zero-order chi connectivity index (χ0) is 22.6. The molecule has 3 aromatic carbocycles. The zero-order valence-electron chi connectivity index (χ0n) is 15.6. The molecule has 0 radical (unpaired) electrons. The summed E-state index contributed by atoms with van der Waals surface area (Å²) in [5.74, 6) is -6.10. The molecule has 1 heterocycles. The van der Waals surface area contributed by atoms with Crippen molar-refractivity contribution in [3.05, 3.63) is 53.1 Å². The number of ether oxygens (including phenoxy) is 1. The van der Waals surface area contributed by atoms with E-state index < -0.39 is 58.4 Å². The van der Waals surface area contributed by atoms with Crippen LogP contribution in [-0.4, -0.2) is 52.1 Å². The van der Waals surface area contributed by atoms with Crippen LogP contribution < -0.4 is 4.74 Å². The molecule has 10 nitrogen and oxygen atoms in total. The molecule has 3 aromatic rings. The second kappa shape index (κ2) is 6.96. The number of hydrogen-bond donors (Lipinski definition) is 9. The van der Waals surface area contributed by atoms with E-state index in [0.29, 0.717) is 0 Å². The van der Waals surface area contributed by atoms with Crippen LogP contribution in [0.4, 0.5) is 0 Å². The highest BCUT2D eigenvalue weighted by atomic mass is 16.5. The first-order valence-electron chi connectivity index (χ1n) is 8.98. The molecule has 0 saturated carbocycles. The maximum absolute atomic E-state index is 11.1. The number of phenolic OH excluding ortho intramolecular Hbond substituents is 8. The Morgan fingerprint density at radius 3 is 1.61 bits per heavy atom. The van der Waals surface area contributed by atoms with Crippen molar-refractivity contribution in [3.63, 3.8) is 0 Å². The Morgan fingerprint density at radius 1 is 0.581 bits per heavy atom. The van der Waals surface area contributed by atoms with Crippen LogP contribution in [0.25, 0.3) is 0 Å². The molecule has 1 aliphatic heterocycles. The van der Waals surface area contributed by atoms with Crippen LogP contribution in [0.5, 0.6) is 51.7 Å². The molecule has 0 fully saturated rings. The fourth-order valence-corrected chi connectivity index (χ4v) is 3.86. The highest BCUT2D eigenvalue weighted by Crippen LogP contribution is 2.54. The molecule has 4 rings (SSSR count). The van der Waals surface area contributed by atoms with Crippen LogP contribution in [0.2, 0.25) is 0 Å². The average Bonchev–Trinajstić information content (AvgIpc) is 2.66. The monoisotopic (exact) mass is 430 g/mol. The van der Waals surface area contributed by atoms with Gasteiger partial charge in [0.15, 0.2) is 23.4 Å². The first kappa shape index (κ1) is 20.1. The molecular weight excluding hydrogens is 412 g/mol. The van der Waals surface area contributed by atoms with E-state index in [1.165, 1.54) is 0 Å². The highest BCUT2D eigenvalue weighted by molar-refractivity contribution is 5.62. The number of aromatic hydroxyl groups is 8. The average molecular weight is 430 g/mol. The third kappa shape index (κ3) is 3.19. The van der Waals surface area contributed by atoms with Gasteiger partial charge in [-0.1, -0.05) is 0 Å². The summed E-state index contributed by atoms with van der Waals surface area (Å²) in [7, 11) is 0. The van der Waals surface area contributed by atoms with Gasteiger partial charge in [0, 0.05) is 41.0 Å². The fourth-order valence-electron chi connectivity index (χ4n) is 3.86. The van der Waals surface area contributed by atoms with Gasteiger partial charge in [0.1, 0.15) is 40.6 Å². The van der Waals surface area contributed by atoms with E-state index in [9.17, 15) is 46.0 Å². The van der Waals surface area contributed by atoms with Crippen LogP contribution in [0.3, 0.4) is 0 Å². The summed E-state index contributed by atoms with van der Waals surface area (Å²) in [5, 5.41) is 91.1. The van der Waals surface area contributed by atoms with E-state index >= 15 is 0 Å². The molecule has 9 N–H and O–H groups in total. The SMILES string of the molecule is Oc1cc(O)c(C2c3c(O)cc(O)cc3OC(c3cc(O)c(O)c(O)c3)C2O)c(O)c1. The summed E-state index contributed by atoms with van der Waals surface area (Å²) in [6.07, 6.45) is -2.96. The van der Waals surface area contributed by atoms with Gasteiger partial charge in [-0.15, -0.1) is 0 Å². The van der Waals surface area contributed by atoms with Gasteiger partial charge < -0.3 is 50.7 Å². The first-order chi connectivity index (χ1) is 14.6. The zero-order valence-corrected chi connectivity index (χ0v) is 15.6. The molecule has 3 unspecified atom stereocenters. The van der Waals surface area contributed by atoms with Gasteiger partial charge in [-0.3, -0.25) is 0 Å². The Bertz CT molecular complexity index is 1140. The van der Waals surface area contributed by atoms with Crippen molar-refractivity contribution in [3.8, 4) is 51.7 Å². The number of hydrogen-bond acceptors (Lipinski definition) is 10. The van der Waals surface area contributed by atoms with Gasteiger partial charge in [0.2, 0.25) is 0 Å². The Labute approximate surface area is 174 Å². The molecular formula is C21H18O10. The van der Waals surface area contributed by atoms with Crippen molar-refractivity contribution in [2.45, 2.75) is 18.1 Å². The quantitative estimate of drug-likeness (QED) is 0.272. The van der Waals surface area contributed by atoms with Gasteiger partial charge in [0.25, 0.3) is 0 Å². The lowest BCUT2D eigenvalue weighted by molar-refractivity contribution is 0.00634. The van der Waals surface area contributed by atoms with Crippen molar-refractivity contribution in [2.24, 2.45) is 0 Å². The summed E-state index contributed by atoms with van der Waals surface area (Å²) in [6, 6.07) is 6.04. The van der Waals surface area contributed by atoms with Crippen LogP contribution in [0.15, 0.2) is 36.4 Å². The maximum atomic E-state index is 11.1. The van der Waals surface area contributed by atoms with Gasteiger partial charge in [-0.25, -0.2) is 0 Å². The lowest BCUT2D eigenvalue weighted by atomic mass is 9.79. The molecule has 0 aliphatic carbocycles. The number of aliphatic hydroxyl groups is 1. The smallest absolute Gasteiger partial charge is 0.200 e. The van der Waals surface area contributed by atoms with Gasteiger partial charge in [0.05, 0.1) is 5.92 Å². The Balaban J connectivity index is 1.96. The normalized spacial score (nSPS) is 20.1. The summed E-state index contributed by atoms with van der Waals surface area (Å²) in [5.41, 5.74) is -0.297. The van der Waals surface area contributed by atoms with E-state index in [1.807, 2.05) is 0 Å². The van der Waals surface area contributed by atoms with Crippen molar-refractivity contribution < 1.29 is 50.7 Å². The lowest BCUT2D eigenvalue weighted by Gasteiger charge is -2.38. The molecule has 0 amide bonds. The largest absolute Gasteiger partial charge is 0.508 e. The van der Waals surface area contributed by atoms with Crippen LogP contribution >= 0.6 is 0 Å². The molecule has 3 atom stereocenters. The molecule has 0 saturated heterocycles. The summed E-state index contributed by atoms with van der Waals surface area (Å²) in [4.78, 5) is 0. The fraction of sp³-hybridized carbons (Fsp3) is 0.143. The predicted octanol–water partition coefficient (Wildman–Crippen LogP) is 1.96. The molecule has 31 heavy (non-hydrogen) atoms.